The lowest BCUT2D eigenvalue weighted by molar-refractivity contribution is -0.143. The Balaban J connectivity index is 1.83. The molecule has 1 aliphatic rings. The highest BCUT2D eigenvalue weighted by atomic mass is 79.9. The van der Waals surface area contributed by atoms with E-state index < -0.39 is 12.0 Å². The Kier molecular flexibility index (Phi) is 4.90. The topological polar surface area (TPSA) is 56.7 Å². The molecule has 0 bridgehead atoms. The van der Waals surface area contributed by atoms with Crippen LogP contribution in [0.3, 0.4) is 0 Å². The van der Waals surface area contributed by atoms with Crippen LogP contribution in [0.5, 0.6) is 0 Å². The second-order valence-corrected chi connectivity index (χ2v) is 5.71. The normalized spacial score (nSPS) is 19.3. The molecule has 0 aliphatic carbocycles. The van der Waals surface area contributed by atoms with Crippen molar-refractivity contribution in [2.24, 2.45) is 0 Å². The maximum Gasteiger partial charge on any atom is 0.320 e. The Hall–Kier alpha value is -0.980. The van der Waals surface area contributed by atoms with Crippen LogP contribution in [0.4, 0.5) is 0 Å². The smallest absolute Gasteiger partial charge is 0.320 e. The maximum absolute atomic E-state index is 10.9. The first-order valence-electron chi connectivity index (χ1n) is 6.36. The number of nitrogens with zero attached hydrogens (tertiary/aromatic N) is 3. The summed E-state index contributed by atoms with van der Waals surface area (Å²) >= 11 is 3.37. The molecule has 1 atom stereocenters. The predicted octanol–water partition coefficient (Wildman–Crippen LogP) is 1.43. The van der Waals surface area contributed by atoms with E-state index in [1.54, 1.807) is 13.1 Å². The van der Waals surface area contributed by atoms with Gasteiger partial charge in [0.1, 0.15) is 6.04 Å². The van der Waals surface area contributed by atoms with Gasteiger partial charge in [0.15, 0.2) is 0 Å². The van der Waals surface area contributed by atoms with Crippen LogP contribution < -0.4 is 0 Å². The van der Waals surface area contributed by atoms with E-state index in [9.17, 15) is 4.79 Å². The van der Waals surface area contributed by atoms with Crippen molar-refractivity contribution < 1.29 is 9.90 Å². The summed E-state index contributed by atoms with van der Waals surface area (Å²) < 4.78 is 0.983. The number of carbonyl (C=O) groups is 1. The zero-order chi connectivity index (χ0) is 13.8. The molecule has 2 rings (SSSR count). The van der Waals surface area contributed by atoms with E-state index >= 15 is 0 Å². The molecule has 5 nitrogen and oxygen atoms in total. The van der Waals surface area contributed by atoms with Crippen LogP contribution >= 0.6 is 15.9 Å². The zero-order valence-electron chi connectivity index (χ0n) is 10.9. The van der Waals surface area contributed by atoms with E-state index in [0.29, 0.717) is 0 Å². The molecule has 1 aliphatic heterocycles. The number of aromatic nitrogens is 1. The molecule has 0 spiro atoms. The molecule has 0 saturated carbocycles. The van der Waals surface area contributed by atoms with Crippen LogP contribution in [0, 0.1) is 0 Å². The van der Waals surface area contributed by atoms with Gasteiger partial charge in [-0.05, 0) is 35.0 Å². The minimum atomic E-state index is -0.747. The fraction of sp³-hybridized carbons (Fsp3) is 0.538. The molecule has 0 radical (unpaired) electrons. The van der Waals surface area contributed by atoms with Gasteiger partial charge >= 0.3 is 5.97 Å². The molecule has 6 heteroatoms. The SMILES string of the molecule is CC(C(=O)O)N1CCN(Cc2ccc(Br)cn2)CC1. The van der Waals surface area contributed by atoms with Gasteiger partial charge in [0.2, 0.25) is 0 Å². The van der Waals surface area contributed by atoms with E-state index in [0.717, 1.165) is 42.9 Å². The Labute approximate surface area is 121 Å². The summed E-state index contributed by atoms with van der Waals surface area (Å²) in [7, 11) is 0. The van der Waals surface area contributed by atoms with Crippen LogP contribution in [0.1, 0.15) is 12.6 Å². The first-order chi connectivity index (χ1) is 9.06. The van der Waals surface area contributed by atoms with Crippen LogP contribution in [0.2, 0.25) is 0 Å². The number of piperazine rings is 1. The molecule has 1 aromatic rings. The fourth-order valence-electron chi connectivity index (χ4n) is 2.19. The summed E-state index contributed by atoms with van der Waals surface area (Å²) in [5, 5.41) is 8.99. The summed E-state index contributed by atoms with van der Waals surface area (Å²) in [6.07, 6.45) is 1.80. The molecule has 0 amide bonds. The minimum Gasteiger partial charge on any atom is -0.480 e. The van der Waals surface area contributed by atoms with Crippen molar-refractivity contribution in [3.63, 3.8) is 0 Å². The number of hydrogen-bond acceptors (Lipinski definition) is 4. The molecule has 1 fully saturated rings. The van der Waals surface area contributed by atoms with Gasteiger partial charge in [-0.1, -0.05) is 0 Å². The van der Waals surface area contributed by atoms with Crippen molar-refractivity contribution in [2.45, 2.75) is 19.5 Å². The van der Waals surface area contributed by atoms with Crippen LogP contribution in [-0.4, -0.2) is 58.1 Å². The number of carboxylic acid groups (broad SMARTS) is 1. The summed E-state index contributed by atoms with van der Waals surface area (Å²) in [6, 6.07) is 3.61. The quantitative estimate of drug-likeness (QED) is 0.906. The van der Waals surface area contributed by atoms with Crippen LogP contribution in [0.25, 0.3) is 0 Å². The Morgan fingerprint density at radius 3 is 2.63 bits per heavy atom. The van der Waals surface area contributed by atoms with Crippen molar-refractivity contribution in [1.82, 2.24) is 14.8 Å². The van der Waals surface area contributed by atoms with Gasteiger partial charge in [-0.2, -0.15) is 0 Å². The second-order valence-electron chi connectivity index (χ2n) is 4.79. The number of carboxylic acids is 1. The van der Waals surface area contributed by atoms with Crippen molar-refractivity contribution in [3.8, 4) is 0 Å². The first-order valence-corrected chi connectivity index (χ1v) is 7.15. The van der Waals surface area contributed by atoms with Gasteiger partial charge in [-0.15, -0.1) is 0 Å². The zero-order valence-corrected chi connectivity index (χ0v) is 12.5. The second kappa shape index (κ2) is 6.45. The third-order valence-corrected chi connectivity index (χ3v) is 3.96. The van der Waals surface area contributed by atoms with Gasteiger partial charge in [0.05, 0.1) is 5.69 Å². The van der Waals surface area contributed by atoms with Crippen molar-refractivity contribution in [2.75, 3.05) is 26.2 Å². The van der Waals surface area contributed by atoms with Gasteiger partial charge < -0.3 is 5.11 Å². The van der Waals surface area contributed by atoms with Gasteiger partial charge in [0, 0.05) is 43.4 Å². The average Bonchev–Trinajstić information content (AvgIpc) is 2.41. The van der Waals surface area contributed by atoms with E-state index in [-0.39, 0.29) is 0 Å². The Morgan fingerprint density at radius 1 is 1.42 bits per heavy atom. The summed E-state index contributed by atoms with van der Waals surface area (Å²) in [5.74, 6) is -0.747. The highest BCUT2D eigenvalue weighted by Gasteiger charge is 2.25. The third-order valence-electron chi connectivity index (χ3n) is 3.49. The number of halogens is 1. The number of rotatable bonds is 4. The lowest BCUT2D eigenvalue weighted by atomic mass is 10.2. The largest absolute Gasteiger partial charge is 0.480 e. The molecule has 2 heterocycles. The predicted molar refractivity (Wildman–Crippen MR) is 75.9 cm³/mol. The number of pyridine rings is 1. The molecule has 1 saturated heterocycles. The lowest BCUT2D eigenvalue weighted by Crippen LogP contribution is -2.51. The summed E-state index contributed by atoms with van der Waals surface area (Å²) in [4.78, 5) is 19.6. The van der Waals surface area contributed by atoms with Gasteiger partial charge in [-0.3, -0.25) is 19.6 Å². The first kappa shape index (κ1) is 14.4. The third kappa shape index (κ3) is 3.99. The molecule has 1 unspecified atom stereocenters. The summed E-state index contributed by atoms with van der Waals surface area (Å²) in [6.45, 7) is 5.93. The standard InChI is InChI=1S/C13H18BrN3O2/c1-10(13(18)19)17-6-4-16(5-7-17)9-12-3-2-11(14)8-15-12/h2-3,8,10H,4-7,9H2,1H3,(H,18,19). The lowest BCUT2D eigenvalue weighted by Gasteiger charge is -2.36. The maximum atomic E-state index is 10.9. The molecular formula is C13H18BrN3O2. The highest BCUT2D eigenvalue weighted by Crippen LogP contribution is 2.12. The van der Waals surface area contributed by atoms with E-state index in [4.69, 9.17) is 5.11 Å². The molecule has 19 heavy (non-hydrogen) atoms. The molecule has 104 valence electrons. The monoisotopic (exact) mass is 327 g/mol. The molecular weight excluding hydrogens is 310 g/mol. The Morgan fingerprint density at radius 2 is 2.11 bits per heavy atom. The van der Waals surface area contributed by atoms with E-state index in [2.05, 4.69) is 25.8 Å². The summed E-state index contributed by atoms with van der Waals surface area (Å²) in [5.41, 5.74) is 1.04. The number of hydrogen-bond donors (Lipinski definition) is 1. The molecule has 0 aromatic carbocycles. The molecule has 1 aromatic heterocycles. The van der Waals surface area contributed by atoms with Crippen LogP contribution in [-0.2, 0) is 11.3 Å². The molecule has 1 N–H and O–H groups in total. The highest BCUT2D eigenvalue weighted by molar-refractivity contribution is 9.10. The number of aliphatic carboxylic acids is 1. The van der Waals surface area contributed by atoms with E-state index in [1.807, 2.05) is 17.0 Å². The van der Waals surface area contributed by atoms with Crippen LogP contribution in [0.15, 0.2) is 22.8 Å². The van der Waals surface area contributed by atoms with Crippen molar-refractivity contribution in [1.29, 1.82) is 0 Å². The fourth-order valence-corrected chi connectivity index (χ4v) is 2.43. The van der Waals surface area contributed by atoms with E-state index in [1.165, 1.54) is 0 Å². The van der Waals surface area contributed by atoms with Gasteiger partial charge in [-0.25, -0.2) is 0 Å². The average molecular weight is 328 g/mol. The van der Waals surface area contributed by atoms with Crippen molar-refractivity contribution in [3.05, 3.63) is 28.5 Å². The van der Waals surface area contributed by atoms with Gasteiger partial charge in [0.25, 0.3) is 0 Å². The minimum absolute atomic E-state index is 0.395. The van der Waals surface area contributed by atoms with Crippen molar-refractivity contribution >= 4 is 21.9 Å². The Bertz CT molecular complexity index is 430.